The highest BCUT2D eigenvalue weighted by Crippen LogP contribution is 2.37. The molecule has 0 spiro atoms. The average Bonchev–Trinajstić information content (AvgIpc) is 4.06. The summed E-state index contributed by atoms with van der Waals surface area (Å²) in [6.07, 6.45) is 2.80. The number of thiocarbonyl (C=S) groups is 3. The summed E-state index contributed by atoms with van der Waals surface area (Å²) in [6, 6.07) is 16.4. The van der Waals surface area contributed by atoms with Crippen LogP contribution in [-0.4, -0.2) is 136 Å². The Morgan fingerprint density at radius 2 is 1.35 bits per heavy atom. The molecule has 4 aromatic rings. The Kier molecular flexibility index (Phi) is 18.8. The highest BCUT2D eigenvalue weighted by molar-refractivity contribution is 8.27. The van der Waals surface area contributed by atoms with Crippen molar-refractivity contribution in [3.63, 3.8) is 0 Å². The molecular weight excluding hydrogens is 1020 g/mol. The van der Waals surface area contributed by atoms with Crippen molar-refractivity contribution in [1.82, 2.24) is 29.9 Å². The zero-order chi connectivity index (χ0) is 48.2. The fourth-order valence-electron chi connectivity index (χ4n) is 5.49. The number of aliphatic carboxylic acids is 1. The molecule has 2 N–H and O–H groups in total. The van der Waals surface area contributed by atoms with Crippen LogP contribution in [0.2, 0.25) is 10.0 Å². The van der Waals surface area contributed by atoms with Gasteiger partial charge < -0.3 is 24.4 Å². The van der Waals surface area contributed by atoms with E-state index in [0.717, 1.165) is 22.3 Å². The van der Waals surface area contributed by atoms with Gasteiger partial charge in [0.15, 0.2) is 23.1 Å². The van der Waals surface area contributed by atoms with Crippen molar-refractivity contribution < 1.29 is 47.7 Å². The van der Waals surface area contributed by atoms with Gasteiger partial charge in [0.1, 0.15) is 45.5 Å². The van der Waals surface area contributed by atoms with E-state index in [1.165, 1.54) is 74.8 Å². The van der Waals surface area contributed by atoms with Crippen LogP contribution in [0.15, 0.2) is 71.9 Å². The third-order valence-corrected chi connectivity index (χ3v) is 13.7. The first-order valence-electron chi connectivity index (χ1n) is 18.7. The second kappa shape index (κ2) is 24.0. The van der Waals surface area contributed by atoms with Gasteiger partial charge in [0.25, 0.3) is 5.91 Å². The molecular formula is C40H35Cl2FN8O9S6. The van der Waals surface area contributed by atoms with Crippen LogP contribution in [0, 0.1) is 5.82 Å². The molecule has 0 bridgehead atoms. The van der Waals surface area contributed by atoms with E-state index in [4.69, 9.17) is 74.4 Å². The number of thioether (sulfide) groups is 3. The fourth-order valence-corrected chi connectivity index (χ4v) is 9.14. The highest BCUT2D eigenvalue weighted by atomic mass is 35.5. The molecule has 66 heavy (non-hydrogen) atoms. The van der Waals surface area contributed by atoms with Crippen LogP contribution < -0.4 is 19.3 Å². The molecule has 4 heterocycles. The molecule has 1 aromatic heterocycles. The minimum atomic E-state index is -1.04. The molecule has 26 heteroatoms. The van der Waals surface area contributed by atoms with Crippen LogP contribution in [0.5, 0.6) is 11.5 Å². The van der Waals surface area contributed by atoms with E-state index < -0.39 is 17.7 Å². The number of anilines is 2. The Balaban J connectivity index is 0.000000225. The summed E-state index contributed by atoms with van der Waals surface area (Å²) >= 11 is 30.3. The number of carboxylic acids is 1. The summed E-state index contributed by atoms with van der Waals surface area (Å²) in [5, 5.41) is 15.8. The van der Waals surface area contributed by atoms with Crippen LogP contribution >= 0.6 is 95.1 Å². The van der Waals surface area contributed by atoms with Gasteiger partial charge in [-0.25, -0.2) is 9.37 Å². The van der Waals surface area contributed by atoms with Crippen LogP contribution in [-0.2, 0) is 35.4 Å². The third-order valence-electron chi connectivity index (χ3n) is 8.98. The first-order chi connectivity index (χ1) is 31.4. The number of nitrogens with zero attached hydrogens (tertiary/aromatic N) is 7. The lowest BCUT2D eigenvalue weighted by atomic mass is 10.1. The van der Waals surface area contributed by atoms with Gasteiger partial charge in [-0.3, -0.25) is 48.6 Å². The third kappa shape index (κ3) is 13.9. The SMILES string of the molecule is CN(C(=O)CN1C(=O)CSC1=S)c1ccc(Cl)cc1.COc1cc(/C=C2\SC(=S)N(CC(=O)N(C)c3ccc(Cl)cc3)C2=O)cc(F)c1OCc1ncn[nH]1.O=C(O)CN1C(=O)CSC1=S. The second-order valence-corrected chi connectivity index (χ2v) is 19.1. The number of benzene rings is 3. The molecule has 346 valence electrons. The maximum Gasteiger partial charge on any atom is 0.323 e. The lowest BCUT2D eigenvalue weighted by molar-refractivity contribution is -0.140. The number of halogens is 3. The summed E-state index contributed by atoms with van der Waals surface area (Å²) in [4.78, 5) is 81.2. The first-order valence-corrected chi connectivity index (χ1v) is 23.4. The largest absolute Gasteiger partial charge is 0.493 e. The zero-order valence-corrected chi connectivity index (χ0v) is 41.0. The smallest absolute Gasteiger partial charge is 0.323 e. The molecule has 0 atom stereocenters. The number of hydrogen-bond donors (Lipinski definition) is 2. The molecule has 0 radical (unpaired) electrons. The lowest BCUT2D eigenvalue weighted by Crippen LogP contribution is -2.40. The maximum atomic E-state index is 14.8. The van der Waals surface area contributed by atoms with Gasteiger partial charge in [0, 0.05) is 35.5 Å². The molecule has 5 amide bonds. The van der Waals surface area contributed by atoms with Crippen LogP contribution in [0.25, 0.3) is 6.08 Å². The van der Waals surface area contributed by atoms with Crippen LogP contribution in [0.1, 0.15) is 11.4 Å². The number of carbonyl (C=O) groups excluding carboxylic acids is 5. The molecule has 7 rings (SSSR count). The number of likely N-dealkylation sites (N-methyl/N-ethyl adjacent to an activating group) is 2. The Morgan fingerprint density at radius 1 is 0.833 bits per heavy atom. The molecule has 17 nitrogen and oxygen atoms in total. The maximum absolute atomic E-state index is 14.8. The minimum Gasteiger partial charge on any atom is -0.493 e. The molecule has 3 fully saturated rings. The number of aromatic nitrogens is 3. The second-order valence-electron chi connectivity index (χ2n) is 13.3. The van der Waals surface area contributed by atoms with E-state index in [-0.39, 0.29) is 76.3 Å². The fraction of sp³-hybridized carbons (Fsp3) is 0.225. The van der Waals surface area contributed by atoms with Gasteiger partial charge in [-0.05, 0) is 72.3 Å². The van der Waals surface area contributed by atoms with Gasteiger partial charge in [-0.2, -0.15) is 5.10 Å². The van der Waals surface area contributed by atoms with Crippen molar-refractivity contribution in [2.75, 3.05) is 62.1 Å². The van der Waals surface area contributed by atoms with Gasteiger partial charge in [-0.15, -0.1) is 0 Å². The monoisotopic (exact) mass is 1050 g/mol. The number of hydrogen-bond acceptors (Lipinski definition) is 16. The summed E-state index contributed by atoms with van der Waals surface area (Å²) in [7, 11) is 4.63. The topological polar surface area (TPSA) is 199 Å². The van der Waals surface area contributed by atoms with Crippen LogP contribution in [0.4, 0.5) is 15.8 Å². The Hall–Kier alpha value is -5.21. The summed E-state index contributed by atoms with van der Waals surface area (Å²) in [6.45, 7) is -0.620. The first kappa shape index (κ1) is 51.8. The number of amides is 5. The minimum absolute atomic E-state index is 0.0240. The Morgan fingerprint density at radius 3 is 1.80 bits per heavy atom. The molecule has 3 saturated heterocycles. The lowest BCUT2D eigenvalue weighted by Gasteiger charge is -2.21. The number of carbonyl (C=O) groups is 6. The number of carboxylic acid groups (broad SMARTS) is 1. The molecule has 3 aliphatic rings. The summed E-state index contributed by atoms with van der Waals surface area (Å²) < 4.78 is 26.6. The predicted molar refractivity (Wildman–Crippen MR) is 264 cm³/mol. The standard InChI is InChI=1S/C23H19ClFN5O4S2.C12H11ClN2O2S2.C5H5NO3S2/c1-29(15-5-3-14(24)4-6-15)20(31)10-30-22(32)18(36-23(30)35)9-13-7-16(25)21(17(8-13)33-2)34-11-19-26-12-27-28-19;1-14(9-4-2-8(13)3-5-9)10(16)6-15-11(17)7-19-12(15)18;7-3-2-11-5(10)6(3)1-4(8)9/h3-9,12H,10-11H2,1-2H3,(H,26,27,28);2-5H,6-7H2,1H3;1-2H2,(H,8,9)/b18-9-;;. The van der Waals surface area contributed by atoms with E-state index >= 15 is 0 Å². The van der Waals surface area contributed by atoms with Gasteiger partial charge >= 0.3 is 5.97 Å². The Labute approximate surface area is 415 Å². The van der Waals surface area contributed by atoms with Gasteiger partial charge in [-0.1, -0.05) is 95.1 Å². The predicted octanol–water partition coefficient (Wildman–Crippen LogP) is 6.14. The number of methoxy groups -OCH3 is 1. The number of rotatable bonds is 13. The number of nitrogens with one attached hydrogen (secondary N) is 1. The molecule has 3 aromatic carbocycles. The molecule has 3 aliphatic heterocycles. The van der Waals surface area contributed by atoms with Crippen molar-refractivity contribution in [2.24, 2.45) is 0 Å². The van der Waals surface area contributed by atoms with Crippen molar-refractivity contribution in [2.45, 2.75) is 6.61 Å². The van der Waals surface area contributed by atoms with Crippen molar-refractivity contribution in [1.29, 1.82) is 0 Å². The summed E-state index contributed by atoms with van der Waals surface area (Å²) in [5.41, 5.74) is 1.71. The number of H-pyrrole nitrogens is 1. The van der Waals surface area contributed by atoms with Gasteiger partial charge in [0.2, 0.25) is 23.6 Å². The summed E-state index contributed by atoms with van der Waals surface area (Å²) in [5.74, 6) is -2.01. The van der Waals surface area contributed by atoms with E-state index in [0.29, 0.717) is 41.5 Å². The van der Waals surface area contributed by atoms with Gasteiger partial charge in [0.05, 0.1) is 23.5 Å². The van der Waals surface area contributed by atoms with E-state index in [1.54, 1.807) is 62.6 Å². The van der Waals surface area contributed by atoms with Crippen LogP contribution in [0.3, 0.4) is 0 Å². The molecule has 0 aliphatic carbocycles. The quantitative estimate of drug-likeness (QED) is 0.114. The average molecular weight is 1050 g/mol. The van der Waals surface area contributed by atoms with Crippen molar-refractivity contribution in [3.05, 3.63) is 99.1 Å². The van der Waals surface area contributed by atoms with E-state index in [2.05, 4.69) is 15.2 Å². The molecule has 0 saturated carbocycles. The zero-order valence-electron chi connectivity index (χ0n) is 34.6. The number of ether oxygens (including phenoxy) is 2. The highest BCUT2D eigenvalue weighted by Gasteiger charge is 2.35. The van der Waals surface area contributed by atoms with E-state index in [9.17, 15) is 33.2 Å². The van der Waals surface area contributed by atoms with E-state index in [1.807, 2.05) is 0 Å². The van der Waals surface area contributed by atoms with Crippen molar-refractivity contribution >= 4 is 161 Å². The van der Waals surface area contributed by atoms with Crippen molar-refractivity contribution in [3.8, 4) is 11.5 Å². The molecule has 0 unspecified atom stereocenters. The normalized spacial score (nSPS) is 15.1. The Bertz CT molecular complexity index is 2540. The number of aromatic amines is 1.